The van der Waals surface area contributed by atoms with E-state index >= 15 is 0 Å². The van der Waals surface area contributed by atoms with Crippen LogP contribution < -0.4 is 26.2 Å². The summed E-state index contributed by atoms with van der Waals surface area (Å²) in [4.78, 5) is 5.30. The van der Waals surface area contributed by atoms with Crippen LogP contribution in [0.15, 0.2) is 355 Å². The molecule has 4 nitrogen and oxygen atoms in total. The summed E-state index contributed by atoms with van der Waals surface area (Å²) in [5.41, 5.74) is 31.4. The normalized spacial score (nSPS) is 12.4. The topological polar surface area (TPSA) is 32.8 Å². The van der Waals surface area contributed by atoms with E-state index in [1.54, 1.807) is 0 Å². The molecule has 2 aliphatic rings. The molecule has 0 bridgehead atoms. The van der Waals surface area contributed by atoms with E-state index in [0.29, 0.717) is 0 Å². The van der Waals surface area contributed by atoms with Crippen LogP contribution in [0, 0.1) is 0 Å². The quantitative estimate of drug-likeness (QED) is 0.128. The van der Waals surface area contributed by atoms with Crippen LogP contribution in [-0.4, -0.2) is 6.71 Å². The van der Waals surface area contributed by atoms with E-state index in [1.165, 1.54) is 16.4 Å². The third kappa shape index (κ3) is 8.92. The standard InChI is InChI=1S/C90H57BN2O2/c1-7-25-58(26-8-1)64-45-48-78-80(54-64)92(88-69(60-29-11-3-12-30-60)39-23-40-70(88)61-31-13-4-14-32-61)82-56-68(67-52-75(90-77(53-67)74-38-20-22-44-85(74)95-90)66-47-50-86-76(51-66)73-37-19-21-43-84(73)94-86)57-83-87(82)91(78)79-49-46-65(59-27-9-2-10-28-59)55-81(79)93(83)89-71(62-33-15-5-16-34-62)41-24-42-72(89)63-35-17-6-18-36-63/h1-57H. The van der Waals surface area contributed by atoms with Crippen LogP contribution in [0.1, 0.15) is 0 Å². The summed E-state index contributed by atoms with van der Waals surface area (Å²) < 4.78 is 13.6. The van der Waals surface area contributed by atoms with Crippen molar-refractivity contribution in [3.05, 3.63) is 346 Å². The summed E-state index contributed by atoms with van der Waals surface area (Å²) in [5, 5.41) is 4.23. The fourth-order valence-corrected chi connectivity index (χ4v) is 15.3. The van der Waals surface area contributed by atoms with E-state index in [1.807, 2.05) is 6.07 Å². The number of furan rings is 2. The number of nitrogens with zero attached hydrogens (tertiary/aromatic N) is 2. The van der Waals surface area contributed by atoms with Crippen molar-refractivity contribution in [1.82, 2.24) is 0 Å². The molecule has 0 spiro atoms. The van der Waals surface area contributed by atoms with Gasteiger partial charge in [0.05, 0.1) is 11.4 Å². The molecule has 0 N–H and O–H groups in total. The Morgan fingerprint density at radius 2 is 0.568 bits per heavy atom. The SMILES string of the molecule is c1ccc(-c2ccc3c(c2)N(c2c(-c4ccccc4)cccc2-c2ccccc2)c2cc(-c4cc(-c5ccc6oc7ccccc7c6c5)c5oc6ccccc6c5c4)cc4c2B3c2ccc(-c3ccccc3)cc2N4c2c(-c3ccccc3)cccc2-c2ccccc2)cc1. The van der Waals surface area contributed by atoms with Gasteiger partial charge >= 0.3 is 0 Å². The maximum atomic E-state index is 7.07. The molecule has 0 aliphatic carbocycles. The molecule has 0 amide bonds. The first-order chi connectivity index (χ1) is 47.1. The van der Waals surface area contributed by atoms with Gasteiger partial charge in [-0.15, -0.1) is 0 Å². The molecule has 17 aromatic rings. The van der Waals surface area contributed by atoms with E-state index in [9.17, 15) is 0 Å². The van der Waals surface area contributed by atoms with Crippen LogP contribution in [0.5, 0.6) is 0 Å². The summed E-state index contributed by atoms with van der Waals surface area (Å²) in [6.45, 7) is -0.221. The van der Waals surface area contributed by atoms with Crippen molar-refractivity contribution < 1.29 is 8.83 Å². The molecule has 19 rings (SSSR count). The van der Waals surface area contributed by atoms with E-state index in [0.717, 1.165) is 167 Å². The highest BCUT2D eigenvalue weighted by Gasteiger charge is 2.46. The first-order valence-corrected chi connectivity index (χ1v) is 32.7. The molecule has 15 aromatic carbocycles. The zero-order valence-corrected chi connectivity index (χ0v) is 51.7. The van der Waals surface area contributed by atoms with Gasteiger partial charge in [-0.25, -0.2) is 0 Å². The van der Waals surface area contributed by atoms with Gasteiger partial charge in [0.1, 0.15) is 22.3 Å². The molecule has 0 radical (unpaired) electrons. The maximum absolute atomic E-state index is 7.07. The molecular weight excluding hydrogens is 1150 g/mol. The van der Waals surface area contributed by atoms with Crippen LogP contribution in [0.3, 0.4) is 0 Å². The number of fused-ring (bicyclic) bond motifs is 10. The molecule has 4 heterocycles. The van der Waals surface area contributed by atoms with Crippen molar-refractivity contribution in [3.8, 4) is 89.0 Å². The molecule has 0 fully saturated rings. The number of rotatable bonds is 10. The molecule has 0 saturated heterocycles. The van der Waals surface area contributed by atoms with Crippen LogP contribution in [0.2, 0.25) is 0 Å². The molecule has 5 heteroatoms. The van der Waals surface area contributed by atoms with Crippen molar-refractivity contribution in [2.24, 2.45) is 0 Å². The van der Waals surface area contributed by atoms with Gasteiger partial charge in [0.25, 0.3) is 6.71 Å². The minimum Gasteiger partial charge on any atom is -0.456 e. The second-order valence-electron chi connectivity index (χ2n) is 25.0. The Hall–Kier alpha value is -12.4. The lowest BCUT2D eigenvalue weighted by molar-refractivity contribution is 0.668. The highest BCUT2D eigenvalue weighted by atomic mass is 16.3. The van der Waals surface area contributed by atoms with Crippen molar-refractivity contribution in [3.63, 3.8) is 0 Å². The maximum Gasteiger partial charge on any atom is 0.252 e. The third-order valence-corrected chi connectivity index (χ3v) is 19.6. The van der Waals surface area contributed by atoms with Gasteiger partial charge in [0.2, 0.25) is 0 Å². The predicted octanol–water partition coefficient (Wildman–Crippen LogP) is 22.9. The van der Waals surface area contributed by atoms with Crippen molar-refractivity contribution in [1.29, 1.82) is 0 Å². The molecule has 0 saturated carbocycles. The van der Waals surface area contributed by atoms with Gasteiger partial charge in [-0.3, -0.25) is 0 Å². The van der Waals surface area contributed by atoms with Crippen LogP contribution in [0.25, 0.3) is 133 Å². The summed E-state index contributed by atoms with van der Waals surface area (Å²) in [5.74, 6) is 0. The Morgan fingerprint density at radius 3 is 1.03 bits per heavy atom. The first-order valence-electron chi connectivity index (χ1n) is 32.7. The van der Waals surface area contributed by atoms with E-state index in [4.69, 9.17) is 8.83 Å². The Balaban J connectivity index is 0.994. The van der Waals surface area contributed by atoms with Gasteiger partial charge in [-0.05, 0) is 138 Å². The number of hydrogen-bond donors (Lipinski definition) is 0. The molecule has 0 unspecified atom stereocenters. The van der Waals surface area contributed by atoms with Crippen molar-refractivity contribution in [2.75, 3.05) is 9.80 Å². The zero-order chi connectivity index (χ0) is 62.5. The fourth-order valence-electron chi connectivity index (χ4n) is 15.3. The van der Waals surface area contributed by atoms with Crippen molar-refractivity contribution in [2.45, 2.75) is 0 Å². The molecule has 2 aliphatic heterocycles. The monoisotopic (exact) mass is 1210 g/mol. The number of benzene rings is 15. The highest BCUT2D eigenvalue weighted by molar-refractivity contribution is 7.00. The minimum atomic E-state index is -0.221. The summed E-state index contributed by atoms with van der Waals surface area (Å²) in [6, 6.07) is 127. The lowest BCUT2D eigenvalue weighted by Gasteiger charge is -2.46. The Bertz CT molecular complexity index is 5490. The Labute approximate surface area is 551 Å². The summed E-state index contributed by atoms with van der Waals surface area (Å²) in [6.07, 6.45) is 0. The zero-order valence-electron chi connectivity index (χ0n) is 51.7. The lowest BCUT2D eigenvalue weighted by Crippen LogP contribution is -2.61. The first kappa shape index (κ1) is 54.3. The highest BCUT2D eigenvalue weighted by Crippen LogP contribution is 2.55. The van der Waals surface area contributed by atoms with Crippen LogP contribution >= 0.6 is 0 Å². The largest absolute Gasteiger partial charge is 0.456 e. The fraction of sp³-hybridized carbons (Fsp3) is 0. The smallest absolute Gasteiger partial charge is 0.252 e. The molecular formula is C90H57BN2O2. The third-order valence-electron chi connectivity index (χ3n) is 19.6. The molecule has 442 valence electrons. The second-order valence-corrected chi connectivity index (χ2v) is 25.0. The van der Waals surface area contributed by atoms with Gasteiger partial charge in [-0.2, -0.15) is 0 Å². The second kappa shape index (κ2) is 22.2. The van der Waals surface area contributed by atoms with Gasteiger partial charge in [0, 0.05) is 72.1 Å². The van der Waals surface area contributed by atoms with Gasteiger partial charge in [0.15, 0.2) is 0 Å². The van der Waals surface area contributed by atoms with E-state index in [2.05, 4.69) is 350 Å². The number of anilines is 6. The average molecular weight is 1210 g/mol. The van der Waals surface area contributed by atoms with Crippen LogP contribution in [0.4, 0.5) is 34.1 Å². The molecule has 95 heavy (non-hydrogen) atoms. The van der Waals surface area contributed by atoms with Gasteiger partial charge < -0.3 is 18.6 Å². The average Bonchev–Trinajstić information content (AvgIpc) is 1.21. The molecule has 0 atom stereocenters. The lowest BCUT2D eigenvalue weighted by atomic mass is 9.33. The number of para-hydroxylation sites is 4. The van der Waals surface area contributed by atoms with E-state index < -0.39 is 0 Å². The summed E-state index contributed by atoms with van der Waals surface area (Å²) in [7, 11) is 0. The van der Waals surface area contributed by atoms with Crippen molar-refractivity contribution >= 4 is 101 Å². The minimum absolute atomic E-state index is 0.221. The summed E-state index contributed by atoms with van der Waals surface area (Å²) >= 11 is 0. The Kier molecular flexibility index (Phi) is 12.7. The van der Waals surface area contributed by atoms with Gasteiger partial charge in [-0.1, -0.05) is 285 Å². The Morgan fingerprint density at radius 1 is 0.211 bits per heavy atom. The predicted molar refractivity (Wildman–Crippen MR) is 399 cm³/mol. The number of hydrogen-bond acceptors (Lipinski definition) is 4. The molecule has 2 aromatic heterocycles. The van der Waals surface area contributed by atoms with Crippen LogP contribution in [-0.2, 0) is 0 Å². The van der Waals surface area contributed by atoms with E-state index in [-0.39, 0.29) is 6.71 Å².